The summed E-state index contributed by atoms with van der Waals surface area (Å²) in [5.41, 5.74) is 3.38. The Bertz CT molecular complexity index is 927. The number of carbonyl (C=O) groups is 3. The van der Waals surface area contributed by atoms with Crippen LogP contribution in [0.2, 0.25) is 0 Å². The smallest absolute Gasteiger partial charge is 0.309 e. The molecule has 0 radical (unpaired) electrons. The summed E-state index contributed by atoms with van der Waals surface area (Å²) in [5, 5.41) is 0. The first kappa shape index (κ1) is 19.6. The molecule has 2 atom stereocenters. The highest BCUT2D eigenvalue weighted by Gasteiger charge is 2.41. The second kappa shape index (κ2) is 7.97. The van der Waals surface area contributed by atoms with Gasteiger partial charge in [-0.15, -0.1) is 0 Å². The van der Waals surface area contributed by atoms with Crippen molar-refractivity contribution in [2.24, 2.45) is 17.8 Å². The third kappa shape index (κ3) is 3.78. The predicted molar refractivity (Wildman–Crippen MR) is 109 cm³/mol. The zero-order valence-corrected chi connectivity index (χ0v) is 17.0. The van der Waals surface area contributed by atoms with Crippen molar-refractivity contribution in [2.45, 2.75) is 46.0 Å². The Morgan fingerprint density at radius 3 is 2.38 bits per heavy atom. The number of hydrogen-bond donors (Lipinski definition) is 0. The summed E-state index contributed by atoms with van der Waals surface area (Å²) in [4.78, 5) is 37.5. The minimum absolute atomic E-state index is 0.000509. The molecule has 1 aromatic heterocycles. The van der Waals surface area contributed by atoms with E-state index in [1.807, 2.05) is 54.8 Å². The van der Waals surface area contributed by atoms with Gasteiger partial charge in [-0.2, -0.15) is 0 Å². The van der Waals surface area contributed by atoms with Gasteiger partial charge in [0.05, 0.1) is 5.92 Å². The zero-order chi connectivity index (χ0) is 20.5. The minimum atomic E-state index is -0.334. The molecule has 5 heteroatoms. The second-order valence-electron chi connectivity index (χ2n) is 8.38. The number of rotatable bonds is 5. The van der Waals surface area contributed by atoms with Crippen LogP contribution in [0.1, 0.15) is 53.8 Å². The third-order valence-electron chi connectivity index (χ3n) is 6.47. The highest BCUT2D eigenvalue weighted by atomic mass is 16.5. The molecule has 1 aromatic carbocycles. The number of carbonyl (C=O) groups excluding carboxylic acids is 3. The summed E-state index contributed by atoms with van der Waals surface area (Å²) in [6.45, 7) is 3.61. The molecule has 0 spiro atoms. The number of esters is 1. The number of benzene rings is 1. The largest absolute Gasteiger partial charge is 0.457 e. The molecule has 0 unspecified atom stereocenters. The van der Waals surface area contributed by atoms with E-state index in [0.29, 0.717) is 24.2 Å². The van der Waals surface area contributed by atoms with Gasteiger partial charge < -0.3 is 9.30 Å². The van der Waals surface area contributed by atoms with E-state index in [1.165, 1.54) is 0 Å². The first-order valence-electron chi connectivity index (χ1n) is 10.4. The summed E-state index contributed by atoms with van der Waals surface area (Å²) >= 11 is 0. The van der Waals surface area contributed by atoms with Crippen LogP contribution in [0, 0.1) is 31.6 Å². The lowest BCUT2D eigenvalue weighted by atomic mass is 9.67. The van der Waals surface area contributed by atoms with Gasteiger partial charge in [0.25, 0.3) is 0 Å². The molecule has 4 rings (SSSR count). The first-order valence-corrected chi connectivity index (χ1v) is 10.4. The second-order valence-corrected chi connectivity index (χ2v) is 8.38. The van der Waals surface area contributed by atoms with Gasteiger partial charge in [0.15, 0.2) is 6.61 Å². The van der Waals surface area contributed by atoms with Gasteiger partial charge >= 0.3 is 5.97 Å². The van der Waals surface area contributed by atoms with Crippen molar-refractivity contribution in [3.8, 4) is 5.69 Å². The number of aromatic nitrogens is 1. The summed E-state index contributed by atoms with van der Waals surface area (Å²) < 4.78 is 7.43. The van der Waals surface area contributed by atoms with Gasteiger partial charge in [0.2, 0.25) is 5.78 Å². The SMILES string of the molecule is Cc1cc(C(=O)COC(=O)C2C[C@H]3CCC[C@H](C2)C3=O)c(C)n1-c1ccccc1. The van der Waals surface area contributed by atoms with Crippen LogP contribution in [-0.2, 0) is 14.3 Å². The van der Waals surface area contributed by atoms with E-state index in [2.05, 4.69) is 0 Å². The molecule has 1 heterocycles. The lowest BCUT2D eigenvalue weighted by Crippen LogP contribution is -2.39. The fraction of sp³-hybridized carbons (Fsp3) is 0.458. The highest BCUT2D eigenvalue weighted by molar-refractivity contribution is 5.99. The van der Waals surface area contributed by atoms with E-state index < -0.39 is 0 Å². The average molecular weight is 393 g/mol. The molecule has 0 amide bonds. The van der Waals surface area contributed by atoms with Gasteiger partial charge in [-0.1, -0.05) is 24.6 Å². The summed E-state index contributed by atoms with van der Waals surface area (Å²) in [7, 11) is 0. The topological polar surface area (TPSA) is 65.4 Å². The molecule has 2 bridgehead atoms. The van der Waals surface area contributed by atoms with Gasteiger partial charge in [-0.3, -0.25) is 14.4 Å². The summed E-state index contributed by atoms with van der Waals surface area (Å²) in [6, 6.07) is 11.7. The quantitative estimate of drug-likeness (QED) is 0.564. The number of ketones is 2. The van der Waals surface area contributed by atoms with E-state index >= 15 is 0 Å². The normalized spacial score (nSPS) is 23.7. The molecule has 2 aliphatic rings. The minimum Gasteiger partial charge on any atom is -0.457 e. The number of para-hydroxylation sites is 1. The maximum atomic E-state index is 12.8. The number of aryl methyl sites for hydroxylation is 1. The van der Waals surface area contributed by atoms with Crippen LogP contribution in [0.5, 0.6) is 0 Å². The Morgan fingerprint density at radius 2 is 1.72 bits per heavy atom. The van der Waals surface area contributed by atoms with Crippen molar-refractivity contribution in [1.82, 2.24) is 4.57 Å². The Balaban J connectivity index is 1.41. The van der Waals surface area contributed by atoms with Crippen LogP contribution in [0.15, 0.2) is 36.4 Å². The lowest BCUT2D eigenvalue weighted by Gasteiger charge is -2.36. The molecular formula is C24H27NO4. The van der Waals surface area contributed by atoms with E-state index in [0.717, 1.165) is 36.3 Å². The van der Waals surface area contributed by atoms with Gasteiger partial charge in [-0.05, 0) is 57.7 Å². The van der Waals surface area contributed by atoms with E-state index in [1.54, 1.807) is 0 Å². The molecule has 0 saturated heterocycles. The number of fused-ring (bicyclic) bond motifs is 2. The molecule has 0 aliphatic heterocycles. The number of hydrogen-bond acceptors (Lipinski definition) is 4. The van der Waals surface area contributed by atoms with Crippen molar-refractivity contribution in [2.75, 3.05) is 6.61 Å². The van der Waals surface area contributed by atoms with Crippen LogP contribution in [0.4, 0.5) is 0 Å². The van der Waals surface area contributed by atoms with Crippen LogP contribution in [0.25, 0.3) is 5.69 Å². The van der Waals surface area contributed by atoms with Crippen molar-refractivity contribution in [3.63, 3.8) is 0 Å². The lowest BCUT2D eigenvalue weighted by molar-refractivity contribution is -0.152. The summed E-state index contributed by atoms with van der Waals surface area (Å²) in [6.07, 6.45) is 3.97. The number of Topliss-reactive ketones (excluding diaryl/α,β-unsaturated/α-hetero) is 2. The van der Waals surface area contributed by atoms with Crippen molar-refractivity contribution in [3.05, 3.63) is 53.3 Å². The average Bonchev–Trinajstić information content (AvgIpc) is 3.00. The van der Waals surface area contributed by atoms with Gasteiger partial charge in [0, 0.05) is 34.5 Å². The van der Waals surface area contributed by atoms with Crippen LogP contribution >= 0.6 is 0 Å². The van der Waals surface area contributed by atoms with E-state index in [4.69, 9.17) is 4.74 Å². The molecule has 5 nitrogen and oxygen atoms in total. The summed E-state index contributed by atoms with van der Waals surface area (Å²) in [5.74, 6) is -0.460. The molecular weight excluding hydrogens is 366 g/mol. The van der Waals surface area contributed by atoms with E-state index in [-0.39, 0.29) is 36.1 Å². The zero-order valence-electron chi connectivity index (χ0n) is 17.0. The van der Waals surface area contributed by atoms with Crippen molar-refractivity contribution < 1.29 is 19.1 Å². The van der Waals surface area contributed by atoms with Gasteiger partial charge in [0.1, 0.15) is 5.78 Å². The highest BCUT2D eigenvalue weighted by Crippen LogP contribution is 2.40. The fourth-order valence-electron chi connectivity index (χ4n) is 5.02. The molecule has 152 valence electrons. The molecule has 2 saturated carbocycles. The Kier molecular flexibility index (Phi) is 5.39. The molecule has 2 aromatic rings. The Morgan fingerprint density at radius 1 is 1.07 bits per heavy atom. The van der Waals surface area contributed by atoms with Crippen LogP contribution < -0.4 is 0 Å². The molecule has 29 heavy (non-hydrogen) atoms. The standard InChI is InChI=1S/C24H27NO4/c1-15-11-21(16(2)25(15)20-9-4-3-5-10-20)22(26)14-29-24(28)19-12-17-7-6-8-18(13-19)23(17)27/h3-5,9-11,17-19H,6-8,12-14H2,1-2H3/t17-,18-/m1/s1. The fourth-order valence-corrected chi connectivity index (χ4v) is 5.02. The van der Waals surface area contributed by atoms with E-state index in [9.17, 15) is 14.4 Å². The van der Waals surface area contributed by atoms with Crippen molar-refractivity contribution >= 4 is 17.5 Å². The first-order chi connectivity index (χ1) is 14.0. The third-order valence-corrected chi connectivity index (χ3v) is 6.47. The molecule has 0 N–H and O–H groups in total. The number of nitrogens with zero attached hydrogens (tertiary/aromatic N) is 1. The maximum Gasteiger partial charge on any atom is 0.309 e. The predicted octanol–water partition coefficient (Wildman–Crippen LogP) is 4.22. The monoisotopic (exact) mass is 393 g/mol. The molecule has 2 fully saturated rings. The Hall–Kier alpha value is -2.69. The van der Waals surface area contributed by atoms with Crippen LogP contribution in [-0.4, -0.2) is 28.7 Å². The number of ether oxygens (including phenoxy) is 1. The van der Waals surface area contributed by atoms with Gasteiger partial charge in [-0.25, -0.2) is 0 Å². The molecule has 2 aliphatic carbocycles. The maximum absolute atomic E-state index is 12.8. The Labute approximate surface area is 171 Å². The van der Waals surface area contributed by atoms with Crippen molar-refractivity contribution in [1.29, 1.82) is 0 Å². The van der Waals surface area contributed by atoms with Crippen LogP contribution in [0.3, 0.4) is 0 Å².